The van der Waals surface area contributed by atoms with Gasteiger partial charge in [0, 0.05) is 17.3 Å². The van der Waals surface area contributed by atoms with Gasteiger partial charge >= 0.3 is 0 Å². The fourth-order valence-electron chi connectivity index (χ4n) is 3.08. The molecule has 0 heterocycles. The number of aliphatic hydroxyl groups is 1. The molecule has 0 aromatic heterocycles. The van der Waals surface area contributed by atoms with E-state index in [1.54, 1.807) is 6.92 Å². The number of aryl methyl sites for hydroxylation is 1. The van der Waals surface area contributed by atoms with E-state index in [1.807, 2.05) is 0 Å². The molecule has 1 aliphatic carbocycles. The predicted octanol–water partition coefficient (Wildman–Crippen LogP) is 2.58. The van der Waals surface area contributed by atoms with Gasteiger partial charge in [-0.1, -0.05) is 6.07 Å². The van der Waals surface area contributed by atoms with Crippen LogP contribution in [0.3, 0.4) is 0 Å². The Morgan fingerprint density at radius 3 is 2.63 bits per heavy atom. The second kappa shape index (κ2) is 7.75. The normalized spacial score (nSPS) is 19.8. The summed E-state index contributed by atoms with van der Waals surface area (Å²) in [5.74, 6) is -0.862. The summed E-state index contributed by atoms with van der Waals surface area (Å²) in [7, 11) is -3.80. The van der Waals surface area contributed by atoms with Crippen molar-refractivity contribution in [3.05, 3.63) is 59.4 Å². The highest BCUT2D eigenvalue weighted by atomic mass is 32.2. The molecule has 1 amide bonds. The van der Waals surface area contributed by atoms with E-state index in [9.17, 15) is 22.7 Å². The van der Waals surface area contributed by atoms with Crippen LogP contribution in [0.5, 0.6) is 0 Å². The number of anilines is 1. The zero-order valence-electron chi connectivity index (χ0n) is 14.8. The van der Waals surface area contributed by atoms with Gasteiger partial charge in [-0.2, -0.15) is 0 Å². The summed E-state index contributed by atoms with van der Waals surface area (Å²) in [4.78, 5) is 12.4. The lowest BCUT2D eigenvalue weighted by Gasteiger charge is -2.13. The van der Waals surface area contributed by atoms with Crippen LogP contribution in [0, 0.1) is 12.7 Å². The molecular weight excluding hydrogens is 371 g/mol. The van der Waals surface area contributed by atoms with E-state index in [2.05, 4.69) is 10.0 Å². The Balaban J connectivity index is 1.76. The van der Waals surface area contributed by atoms with Crippen molar-refractivity contribution >= 4 is 21.6 Å². The molecule has 2 atom stereocenters. The van der Waals surface area contributed by atoms with Crippen molar-refractivity contribution in [2.24, 2.45) is 0 Å². The maximum atomic E-state index is 13.3. The van der Waals surface area contributed by atoms with E-state index in [0.717, 1.165) is 0 Å². The molecule has 6 nitrogen and oxygen atoms in total. The molecule has 0 unspecified atom stereocenters. The van der Waals surface area contributed by atoms with Crippen molar-refractivity contribution in [2.45, 2.75) is 43.2 Å². The van der Waals surface area contributed by atoms with Crippen LogP contribution in [0.2, 0.25) is 0 Å². The average Bonchev–Trinajstić information content (AvgIpc) is 3.02. The molecule has 0 radical (unpaired) electrons. The van der Waals surface area contributed by atoms with Crippen LogP contribution in [-0.4, -0.2) is 31.6 Å². The number of benzene rings is 2. The third-order valence-electron chi connectivity index (χ3n) is 4.55. The van der Waals surface area contributed by atoms with Crippen molar-refractivity contribution < 1.29 is 22.7 Å². The van der Waals surface area contributed by atoms with Gasteiger partial charge in [-0.15, -0.1) is 0 Å². The van der Waals surface area contributed by atoms with E-state index in [4.69, 9.17) is 0 Å². The number of hydrogen-bond donors (Lipinski definition) is 3. The van der Waals surface area contributed by atoms with Gasteiger partial charge in [-0.05, 0) is 68.1 Å². The van der Waals surface area contributed by atoms with E-state index in [0.29, 0.717) is 30.5 Å². The van der Waals surface area contributed by atoms with E-state index in [-0.39, 0.29) is 22.3 Å². The molecule has 0 saturated heterocycles. The lowest BCUT2D eigenvalue weighted by atomic mass is 10.2. The highest BCUT2D eigenvalue weighted by Gasteiger charge is 2.27. The summed E-state index contributed by atoms with van der Waals surface area (Å²) >= 11 is 0. The molecule has 8 heteroatoms. The highest BCUT2D eigenvalue weighted by molar-refractivity contribution is 7.89. The number of halogens is 1. The number of aliphatic hydroxyl groups excluding tert-OH is 1. The zero-order chi connectivity index (χ0) is 19.6. The van der Waals surface area contributed by atoms with Crippen molar-refractivity contribution in [1.29, 1.82) is 0 Å². The van der Waals surface area contributed by atoms with Gasteiger partial charge in [-0.25, -0.2) is 17.5 Å². The highest BCUT2D eigenvalue weighted by Crippen LogP contribution is 2.22. The van der Waals surface area contributed by atoms with Crippen LogP contribution in [-0.2, 0) is 10.0 Å². The van der Waals surface area contributed by atoms with Crippen LogP contribution < -0.4 is 10.0 Å². The molecule has 1 fully saturated rings. The topological polar surface area (TPSA) is 95.5 Å². The first-order valence-electron chi connectivity index (χ1n) is 8.62. The maximum Gasteiger partial charge on any atom is 0.255 e. The number of nitrogens with one attached hydrogen (secondary N) is 2. The molecule has 0 aliphatic heterocycles. The monoisotopic (exact) mass is 392 g/mol. The van der Waals surface area contributed by atoms with Gasteiger partial charge in [0.25, 0.3) is 5.91 Å². The van der Waals surface area contributed by atoms with Crippen LogP contribution in [0.4, 0.5) is 10.1 Å². The van der Waals surface area contributed by atoms with Crippen LogP contribution in [0.15, 0.2) is 47.4 Å². The first-order chi connectivity index (χ1) is 12.7. The molecule has 27 heavy (non-hydrogen) atoms. The quantitative estimate of drug-likeness (QED) is 0.729. The molecule has 1 saturated carbocycles. The predicted molar refractivity (Wildman–Crippen MR) is 99.5 cm³/mol. The molecule has 144 valence electrons. The van der Waals surface area contributed by atoms with Gasteiger partial charge in [0.15, 0.2) is 0 Å². The zero-order valence-corrected chi connectivity index (χ0v) is 15.6. The summed E-state index contributed by atoms with van der Waals surface area (Å²) in [6, 6.07) is 9.57. The Hall–Kier alpha value is -2.29. The Morgan fingerprint density at radius 2 is 1.96 bits per heavy atom. The minimum Gasteiger partial charge on any atom is -0.393 e. The molecule has 0 spiro atoms. The third kappa shape index (κ3) is 4.71. The van der Waals surface area contributed by atoms with Gasteiger partial charge in [0.1, 0.15) is 5.82 Å². The summed E-state index contributed by atoms with van der Waals surface area (Å²) in [5.41, 5.74) is 0.989. The number of carbonyl (C=O) groups excluding carboxylic acids is 1. The largest absolute Gasteiger partial charge is 0.393 e. The first kappa shape index (κ1) is 19.5. The Labute approximate surface area is 157 Å². The second-order valence-corrected chi connectivity index (χ2v) is 8.44. The summed E-state index contributed by atoms with van der Waals surface area (Å²) in [6.45, 7) is 1.59. The fourth-order valence-corrected chi connectivity index (χ4v) is 4.41. The van der Waals surface area contributed by atoms with Gasteiger partial charge in [0.2, 0.25) is 10.0 Å². The molecule has 3 rings (SSSR count). The van der Waals surface area contributed by atoms with Crippen molar-refractivity contribution in [3.63, 3.8) is 0 Å². The smallest absolute Gasteiger partial charge is 0.255 e. The van der Waals surface area contributed by atoms with E-state index in [1.165, 1.54) is 42.5 Å². The lowest BCUT2D eigenvalue weighted by Crippen LogP contribution is -2.33. The number of amides is 1. The van der Waals surface area contributed by atoms with Crippen molar-refractivity contribution in [1.82, 2.24) is 4.72 Å². The van der Waals surface area contributed by atoms with Crippen LogP contribution in [0.25, 0.3) is 0 Å². The van der Waals surface area contributed by atoms with Crippen molar-refractivity contribution in [2.75, 3.05) is 5.32 Å². The number of hydrogen-bond acceptors (Lipinski definition) is 4. The minimum atomic E-state index is -3.80. The molecule has 2 aromatic carbocycles. The summed E-state index contributed by atoms with van der Waals surface area (Å²) < 4.78 is 41.0. The van der Waals surface area contributed by atoms with Gasteiger partial charge < -0.3 is 10.4 Å². The molecule has 0 bridgehead atoms. The van der Waals surface area contributed by atoms with Crippen LogP contribution >= 0.6 is 0 Å². The Morgan fingerprint density at radius 1 is 1.19 bits per heavy atom. The molecular formula is C19H21FN2O4S. The molecule has 2 aromatic rings. The van der Waals surface area contributed by atoms with Gasteiger partial charge in [-0.3, -0.25) is 4.79 Å². The summed E-state index contributed by atoms with van der Waals surface area (Å²) in [5, 5.41) is 12.2. The van der Waals surface area contributed by atoms with E-state index >= 15 is 0 Å². The fraction of sp³-hybridized carbons (Fsp3) is 0.316. The lowest BCUT2D eigenvalue weighted by molar-refractivity contribution is 0.102. The first-order valence-corrected chi connectivity index (χ1v) is 10.1. The Kier molecular flexibility index (Phi) is 5.59. The molecule has 3 N–H and O–H groups in total. The van der Waals surface area contributed by atoms with Crippen molar-refractivity contribution in [3.8, 4) is 0 Å². The van der Waals surface area contributed by atoms with Gasteiger partial charge in [0.05, 0.1) is 11.0 Å². The number of carbonyl (C=O) groups is 1. The molecule has 1 aliphatic rings. The number of sulfonamides is 1. The standard InChI is InChI=1S/C19H21FN2O4S/c1-12-9-14(6-8-18(12)20)21-19(24)13-3-2-4-17(10-13)27(25,26)22-15-5-7-16(23)11-15/h2-4,6,8-10,15-16,22-23H,5,7,11H2,1H3,(H,21,24)/t15-,16-/m0/s1. The average molecular weight is 392 g/mol. The Bertz CT molecular complexity index is 962. The summed E-state index contributed by atoms with van der Waals surface area (Å²) in [6.07, 6.45) is 1.02. The second-order valence-electron chi connectivity index (χ2n) is 6.73. The maximum absolute atomic E-state index is 13.3. The van der Waals surface area contributed by atoms with E-state index < -0.39 is 22.0 Å². The van der Waals surface area contributed by atoms with Crippen LogP contribution in [0.1, 0.15) is 35.2 Å². The SMILES string of the molecule is Cc1cc(NC(=O)c2cccc(S(=O)(=O)N[C@H]3CC[C@H](O)C3)c2)ccc1F. The minimum absolute atomic E-state index is 0.0215. The third-order valence-corrected chi connectivity index (χ3v) is 6.07. The number of rotatable bonds is 5.